The first kappa shape index (κ1) is 15.6. The summed E-state index contributed by atoms with van der Waals surface area (Å²) < 4.78 is 6.08. The zero-order valence-corrected chi connectivity index (χ0v) is 12.8. The highest BCUT2D eigenvalue weighted by atomic mass is 28.4. The lowest BCUT2D eigenvalue weighted by atomic mass is 10.0. The third-order valence-electron chi connectivity index (χ3n) is 3.67. The topological polar surface area (TPSA) is 52.3 Å². The van der Waals surface area contributed by atoms with Crippen molar-refractivity contribution in [1.29, 1.82) is 0 Å². The van der Waals surface area contributed by atoms with E-state index in [1.807, 2.05) is 6.92 Å². The van der Waals surface area contributed by atoms with Crippen molar-refractivity contribution in [3.05, 3.63) is 0 Å². The van der Waals surface area contributed by atoms with Crippen molar-refractivity contribution in [1.82, 2.24) is 0 Å². The van der Waals surface area contributed by atoms with Gasteiger partial charge in [0.15, 0.2) is 8.32 Å². The molecule has 16 heavy (non-hydrogen) atoms. The van der Waals surface area contributed by atoms with Gasteiger partial charge >= 0.3 is 0 Å². The van der Waals surface area contributed by atoms with Gasteiger partial charge in [0.05, 0.1) is 0 Å². The van der Waals surface area contributed by atoms with Gasteiger partial charge in [-0.15, -0.1) is 0 Å². The maximum Gasteiger partial charge on any atom is 0.245 e. The number of rotatable bonds is 5. The van der Waals surface area contributed by atoms with Crippen molar-refractivity contribution in [2.75, 3.05) is 0 Å². The molecule has 0 saturated carbocycles. The van der Waals surface area contributed by atoms with Gasteiger partial charge < -0.3 is 10.2 Å². The molecule has 3 nitrogen and oxygen atoms in total. The fraction of sp³-hybridized carbons (Fsp3) is 0.917. The summed E-state index contributed by atoms with van der Waals surface area (Å²) in [5, 5.41) is 0.105. The molecule has 1 amide bonds. The van der Waals surface area contributed by atoms with Crippen LogP contribution < -0.4 is 5.73 Å². The van der Waals surface area contributed by atoms with E-state index in [1.54, 1.807) is 0 Å². The fourth-order valence-electron chi connectivity index (χ4n) is 1.16. The van der Waals surface area contributed by atoms with Crippen LogP contribution in [0.25, 0.3) is 0 Å². The fourth-order valence-corrected chi connectivity index (χ4v) is 2.50. The lowest BCUT2D eigenvalue weighted by molar-refractivity contribution is -0.127. The number of carbonyl (C=O) groups excluding carboxylic acids is 1. The van der Waals surface area contributed by atoms with Gasteiger partial charge in [0, 0.05) is 0 Å². The Morgan fingerprint density at radius 2 is 1.81 bits per heavy atom. The predicted molar refractivity (Wildman–Crippen MR) is 70.7 cm³/mol. The van der Waals surface area contributed by atoms with E-state index >= 15 is 0 Å². The largest absolute Gasteiger partial charge is 0.405 e. The summed E-state index contributed by atoms with van der Waals surface area (Å²) in [5.41, 5.74) is 5.42. The number of primary amides is 1. The van der Waals surface area contributed by atoms with Crippen LogP contribution in [0.1, 0.15) is 41.0 Å². The molecule has 0 aliphatic carbocycles. The van der Waals surface area contributed by atoms with Crippen LogP contribution in [0.15, 0.2) is 0 Å². The number of nitrogens with two attached hydrogens (primary N) is 1. The second-order valence-electron chi connectivity index (χ2n) is 6.09. The van der Waals surface area contributed by atoms with Crippen LogP contribution in [-0.4, -0.2) is 20.3 Å². The van der Waals surface area contributed by atoms with Crippen LogP contribution in [-0.2, 0) is 9.22 Å². The van der Waals surface area contributed by atoms with Gasteiger partial charge in [-0.2, -0.15) is 0 Å². The molecule has 0 aliphatic rings. The monoisotopic (exact) mass is 245 g/mol. The highest BCUT2D eigenvalue weighted by Crippen LogP contribution is 2.38. The van der Waals surface area contributed by atoms with Gasteiger partial charge in [-0.25, -0.2) is 0 Å². The highest BCUT2D eigenvalue weighted by molar-refractivity contribution is 6.74. The zero-order valence-electron chi connectivity index (χ0n) is 11.8. The Kier molecular flexibility index (Phi) is 5.20. The van der Waals surface area contributed by atoms with Gasteiger partial charge in [0.1, 0.15) is 6.10 Å². The minimum absolute atomic E-state index is 0.105. The molecule has 0 saturated heterocycles. The normalized spacial score (nSPS) is 16.9. The number of amides is 1. The van der Waals surface area contributed by atoms with E-state index in [0.717, 1.165) is 6.42 Å². The molecule has 0 aromatic heterocycles. The third-order valence-corrected chi connectivity index (χ3v) is 8.12. The summed E-state index contributed by atoms with van der Waals surface area (Å²) >= 11 is 0. The third kappa shape index (κ3) is 3.90. The summed E-state index contributed by atoms with van der Waals surface area (Å²) in [7, 11) is -1.91. The van der Waals surface area contributed by atoms with Crippen LogP contribution in [0.5, 0.6) is 0 Å². The minimum Gasteiger partial charge on any atom is -0.405 e. The van der Waals surface area contributed by atoms with Crippen LogP contribution in [0.2, 0.25) is 18.1 Å². The summed E-state index contributed by atoms with van der Waals surface area (Å²) in [6.45, 7) is 14.8. The Morgan fingerprint density at radius 3 is 2.06 bits per heavy atom. The average Bonchev–Trinajstić information content (AvgIpc) is 2.10. The lowest BCUT2D eigenvalue weighted by Gasteiger charge is -2.39. The summed E-state index contributed by atoms with van der Waals surface area (Å²) in [6.07, 6.45) is 0.466. The number of hydrogen-bond donors (Lipinski definition) is 1. The van der Waals surface area contributed by atoms with Crippen molar-refractivity contribution < 1.29 is 9.22 Å². The quantitative estimate of drug-likeness (QED) is 0.757. The Labute approximate surface area is 101 Å². The maximum atomic E-state index is 11.4. The molecule has 0 rings (SSSR count). The smallest absolute Gasteiger partial charge is 0.245 e. The van der Waals surface area contributed by atoms with Crippen LogP contribution in [0, 0.1) is 5.92 Å². The molecule has 0 spiro atoms. The van der Waals surface area contributed by atoms with Gasteiger partial charge in [-0.05, 0) is 24.1 Å². The molecule has 2 atom stereocenters. The molecule has 0 unspecified atom stereocenters. The molecule has 0 fully saturated rings. The van der Waals surface area contributed by atoms with Crippen molar-refractivity contribution in [3.63, 3.8) is 0 Å². The van der Waals surface area contributed by atoms with Crippen LogP contribution >= 0.6 is 0 Å². The van der Waals surface area contributed by atoms with E-state index < -0.39 is 14.4 Å². The molecule has 0 heterocycles. The molecule has 0 aromatic rings. The summed E-state index contributed by atoms with van der Waals surface area (Å²) in [5.74, 6) is -0.147. The molecular formula is C12H27NO2Si. The first-order chi connectivity index (χ1) is 7.03. The zero-order chi connectivity index (χ0) is 13.1. The van der Waals surface area contributed by atoms with Gasteiger partial charge in [0.2, 0.25) is 5.91 Å². The lowest BCUT2D eigenvalue weighted by Crippen LogP contribution is -2.49. The van der Waals surface area contributed by atoms with Gasteiger partial charge in [-0.3, -0.25) is 4.79 Å². The molecule has 0 bridgehead atoms. The van der Waals surface area contributed by atoms with E-state index in [-0.39, 0.29) is 16.9 Å². The van der Waals surface area contributed by atoms with Gasteiger partial charge in [0.25, 0.3) is 0 Å². The predicted octanol–water partition coefficient (Wildman–Crippen LogP) is 2.91. The standard InChI is InChI=1S/C12H27NO2Si/c1-8-9(2)10(11(13)14)15-16(6,7)12(3,4)5/h9-10H,8H2,1-7H3,(H2,13,14)/t9-,10-/m0/s1. The Bertz CT molecular complexity index is 246. The Balaban J connectivity index is 4.83. The first-order valence-electron chi connectivity index (χ1n) is 6.00. The van der Waals surface area contributed by atoms with Crippen molar-refractivity contribution in [3.8, 4) is 0 Å². The maximum absolute atomic E-state index is 11.4. The molecule has 0 aromatic carbocycles. The molecule has 4 heteroatoms. The second kappa shape index (κ2) is 5.32. The highest BCUT2D eigenvalue weighted by Gasteiger charge is 2.41. The summed E-state index contributed by atoms with van der Waals surface area (Å²) in [6, 6.07) is 0. The number of hydrogen-bond acceptors (Lipinski definition) is 2. The second-order valence-corrected chi connectivity index (χ2v) is 10.8. The van der Waals surface area contributed by atoms with Crippen molar-refractivity contribution >= 4 is 14.2 Å². The van der Waals surface area contributed by atoms with Crippen molar-refractivity contribution in [2.45, 2.75) is 65.3 Å². The Morgan fingerprint density at radius 1 is 1.38 bits per heavy atom. The molecule has 0 aliphatic heterocycles. The molecule has 0 radical (unpaired) electrons. The number of carbonyl (C=O) groups is 1. The minimum atomic E-state index is -1.91. The summed E-state index contributed by atoms with van der Waals surface area (Å²) in [4.78, 5) is 11.4. The van der Waals surface area contributed by atoms with Crippen molar-refractivity contribution in [2.24, 2.45) is 11.7 Å². The molecule has 2 N–H and O–H groups in total. The Hall–Kier alpha value is -0.353. The first-order valence-corrected chi connectivity index (χ1v) is 8.91. The molecule has 96 valence electrons. The van der Waals surface area contributed by atoms with Crippen LogP contribution in [0.4, 0.5) is 0 Å². The average molecular weight is 245 g/mol. The van der Waals surface area contributed by atoms with Gasteiger partial charge in [-0.1, -0.05) is 41.0 Å². The van der Waals surface area contributed by atoms with E-state index in [1.165, 1.54) is 0 Å². The SMILES string of the molecule is CC[C@H](C)[C@H](O[Si](C)(C)C(C)(C)C)C(N)=O. The molecular weight excluding hydrogens is 218 g/mol. The van der Waals surface area contributed by atoms with E-state index in [4.69, 9.17) is 10.2 Å². The van der Waals surface area contributed by atoms with E-state index in [0.29, 0.717) is 0 Å². The van der Waals surface area contributed by atoms with E-state index in [2.05, 4.69) is 40.8 Å². The van der Waals surface area contributed by atoms with Crippen LogP contribution in [0.3, 0.4) is 0 Å². The van der Waals surface area contributed by atoms with E-state index in [9.17, 15) is 4.79 Å².